The molecule has 8 nitrogen and oxygen atoms in total. The number of ether oxygens (including phenoxy) is 1. The number of methoxy groups -OCH3 is 1. The summed E-state index contributed by atoms with van der Waals surface area (Å²) >= 11 is 1.54. The van der Waals surface area contributed by atoms with Crippen molar-refractivity contribution in [3.63, 3.8) is 0 Å². The van der Waals surface area contributed by atoms with Crippen LogP contribution in [0, 0.1) is 19.7 Å². The smallest absolute Gasteiger partial charge is 0.411 e. The Morgan fingerprint density at radius 1 is 1.13 bits per heavy atom. The molecule has 2 amide bonds. The summed E-state index contributed by atoms with van der Waals surface area (Å²) in [5.74, 6) is -1.12. The van der Waals surface area contributed by atoms with Gasteiger partial charge in [0.2, 0.25) is 0 Å². The Bertz CT molecular complexity index is 1310. The highest BCUT2D eigenvalue weighted by atomic mass is 32.1. The van der Waals surface area contributed by atoms with Crippen molar-refractivity contribution in [3.05, 3.63) is 58.3 Å². The molecule has 4 aromatic rings. The molecule has 0 saturated carbocycles. The number of hydrogen-bond donors (Lipinski definition) is 2. The lowest BCUT2D eigenvalue weighted by Crippen LogP contribution is -2.15. The lowest BCUT2D eigenvalue weighted by molar-refractivity contribution is 0.102. The van der Waals surface area contributed by atoms with Gasteiger partial charge in [-0.15, -0.1) is 11.3 Å². The number of halogens is 1. The fraction of sp³-hybridized carbons (Fsp3) is 0.143. The zero-order valence-electron chi connectivity index (χ0n) is 16.8. The van der Waals surface area contributed by atoms with Crippen molar-refractivity contribution in [2.24, 2.45) is 0 Å². The average molecular weight is 440 g/mol. The summed E-state index contributed by atoms with van der Waals surface area (Å²) in [5, 5.41) is 9.40. The molecule has 1 aromatic carbocycles. The largest absolute Gasteiger partial charge is 0.453 e. The van der Waals surface area contributed by atoms with Crippen LogP contribution in [0.2, 0.25) is 0 Å². The topological polar surface area (TPSA) is 106 Å². The van der Waals surface area contributed by atoms with E-state index in [4.69, 9.17) is 4.52 Å². The van der Waals surface area contributed by atoms with Crippen LogP contribution < -0.4 is 10.6 Å². The number of amides is 2. The van der Waals surface area contributed by atoms with Gasteiger partial charge in [-0.25, -0.2) is 14.2 Å². The average Bonchev–Trinajstić information content (AvgIpc) is 3.35. The molecule has 4 rings (SSSR count). The van der Waals surface area contributed by atoms with Gasteiger partial charge in [-0.05, 0) is 50.2 Å². The number of hydrogen-bond acceptors (Lipinski definition) is 7. The molecule has 0 bridgehead atoms. The van der Waals surface area contributed by atoms with Gasteiger partial charge in [0.15, 0.2) is 0 Å². The van der Waals surface area contributed by atoms with Crippen molar-refractivity contribution in [3.8, 4) is 10.6 Å². The highest BCUT2D eigenvalue weighted by molar-refractivity contribution is 7.15. The Morgan fingerprint density at radius 3 is 2.65 bits per heavy atom. The Labute approximate surface area is 180 Å². The van der Waals surface area contributed by atoms with Crippen LogP contribution in [-0.4, -0.2) is 29.3 Å². The second-order valence-corrected chi connectivity index (χ2v) is 7.97. The van der Waals surface area contributed by atoms with Crippen LogP contribution in [0.15, 0.2) is 40.9 Å². The van der Waals surface area contributed by atoms with E-state index in [0.717, 1.165) is 15.8 Å². The normalized spacial score (nSPS) is 10.8. The molecule has 0 atom stereocenters. The van der Waals surface area contributed by atoms with Crippen LogP contribution in [0.5, 0.6) is 0 Å². The molecule has 0 unspecified atom stereocenters. The number of nitrogens with zero attached hydrogens (tertiary/aromatic N) is 2. The molecular formula is C21H17FN4O4S. The predicted octanol–water partition coefficient (Wildman–Crippen LogP) is 5.14. The number of carbonyl (C=O) groups is 2. The number of thiophene rings is 1. The number of benzene rings is 1. The van der Waals surface area contributed by atoms with E-state index >= 15 is 0 Å². The third kappa shape index (κ3) is 4.10. The van der Waals surface area contributed by atoms with E-state index in [1.165, 1.54) is 19.2 Å². The summed E-state index contributed by atoms with van der Waals surface area (Å²) in [7, 11) is 1.17. The quantitative estimate of drug-likeness (QED) is 0.455. The Morgan fingerprint density at radius 2 is 1.94 bits per heavy atom. The lowest BCUT2D eigenvalue weighted by Gasteiger charge is -2.10. The molecule has 0 fully saturated rings. The number of carbonyl (C=O) groups excluding carboxylic acids is 2. The fourth-order valence-corrected chi connectivity index (χ4v) is 3.86. The molecule has 158 valence electrons. The first-order chi connectivity index (χ1) is 14.9. The Hall–Kier alpha value is -3.79. The second-order valence-electron chi connectivity index (χ2n) is 6.68. The number of aromatic nitrogens is 2. The highest BCUT2D eigenvalue weighted by Gasteiger charge is 2.20. The molecule has 31 heavy (non-hydrogen) atoms. The maximum absolute atomic E-state index is 14.0. The van der Waals surface area contributed by atoms with Gasteiger partial charge in [-0.3, -0.25) is 10.1 Å². The maximum atomic E-state index is 14.0. The first-order valence-corrected chi connectivity index (χ1v) is 9.97. The third-order valence-corrected chi connectivity index (χ3v) is 5.52. The number of rotatable bonds is 4. The van der Waals surface area contributed by atoms with Crippen LogP contribution >= 0.6 is 11.3 Å². The Kier molecular flexibility index (Phi) is 5.38. The van der Waals surface area contributed by atoms with E-state index < -0.39 is 17.8 Å². The summed E-state index contributed by atoms with van der Waals surface area (Å²) < 4.78 is 23.8. The van der Waals surface area contributed by atoms with Gasteiger partial charge in [0.1, 0.15) is 5.82 Å². The van der Waals surface area contributed by atoms with Crippen LogP contribution in [0.3, 0.4) is 0 Å². The highest BCUT2D eigenvalue weighted by Crippen LogP contribution is 2.31. The third-order valence-electron chi connectivity index (χ3n) is 4.50. The van der Waals surface area contributed by atoms with E-state index in [-0.39, 0.29) is 17.1 Å². The summed E-state index contributed by atoms with van der Waals surface area (Å²) in [5.41, 5.74) is 1.83. The van der Waals surface area contributed by atoms with Gasteiger partial charge in [-0.1, -0.05) is 5.16 Å². The molecule has 0 saturated heterocycles. The summed E-state index contributed by atoms with van der Waals surface area (Å²) in [4.78, 5) is 31.0. The summed E-state index contributed by atoms with van der Waals surface area (Å²) in [6, 6.07) is 9.37. The number of fused-ring (bicyclic) bond motifs is 1. The van der Waals surface area contributed by atoms with Crippen molar-refractivity contribution in [1.82, 2.24) is 10.1 Å². The minimum atomic E-state index is -0.825. The minimum absolute atomic E-state index is 0.125. The molecular weight excluding hydrogens is 423 g/mol. The number of pyridine rings is 1. The molecule has 0 aliphatic heterocycles. The first kappa shape index (κ1) is 20.5. The van der Waals surface area contributed by atoms with Gasteiger partial charge in [0.25, 0.3) is 11.6 Å². The van der Waals surface area contributed by atoms with Crippen molar-refractivity contribution < 1.29 is 23.2 Å². The maximum Gasteiger partial charge on any atom is 0.411 e. The van der Waals surface area contributed by atoms with E-state index in [1.54, 1.807) is 24.3 Å². The van der Waals surface area contributed by atoms with Crippen molar-refractivity contribution in [2.75, 3.05) is 17.7 Å². The van der Waals surface area contributed by atoms with Crippen molar-refractivity contribution >= 4 is 45.8 Å². The van der Waals surface area contributed by atoms with Gasteiger partial charge in [-0.2, -0.15) is 0 Å². The van der Waals surface area contributed by atoms with Crippen LogP contribution in [0.1, 0.15) is 20.9 Å². The van der Waals surface area contributed by atoms with Crippen molar-refractivity contribution in [1.29, 1.82) is 0 Å². The van der Waals surface area contributed by atoms with E-state index in [9.17, 15) is 14.0 Å². The SMILES string of the molecule is COC(=O)Nc1cc(NC(=O)c2cc(-c3ccc(C)s3)nc3onc(C)c23)ccc1F. The molecule has 10 heteroatoms. The standard InChI is InChI=1S/C21H17FN4O4S/c1-10-4-7-17(31-10)16-9-13(18-11(2)26-30-20(18)24-16)19(27)23-12-5-6-14(22)15(8-12)25-21(28)29-3/h4-9H,1-3H3,(H,23,27)(H,25,28). The van der Waals surface area contributed by atoms with E-state index in [0.29, 0.717) is 22.3 Å². The van der Waals surface area contributed by atoms with Crippen LogP contribution in [-0.2, 0) is 4.74 Å². The van der Waals surface area contributed by atoms with Gasteiger partial charge >= 0.3 is 6.09 Å². The zero-order chi connectivity index (χ0) is 22.1. The molecule has 3 heterocycles. The molecule has 0 radical (unpaired) electrons. The number of aryl methyl sites for hydroxylation is 2. The number of anilines is 2. The van der Waals surface area contributed by atoms with Gasteiger partial charge in [0, 0.05) is 10.6 Å². The Balaban J connectivity index is 1.71. The van der Waals surface area contributed by atoms with Gasteiger partial charge < -0.3 is 14.6 Å². The van der Waals surface area contributed by atoms with E-state index in [2.05, 4.69) is 25.5 Å². The van der Waals surface area contributed by atoms with Crippen LogP contribution in [0.25, 0.3) is 21.7 Å². The molecule has 2 N–H and O–H groups in total. The monoisotopic (exact) mass is 440 g/mol. The van der Waals surface area contributed by atoms with Crippen LogP contribution in [0.4, 0.5) is 20.6 Å². The fourth-order valence-electron chi connectivity index (χ4n) is 3.03. The first-order valence-electron chi connectivity index (χ1n) is 9.15. The number of nitrogens with one attached hydrogen (secondary N) is 2. The molecule has 0 spiro atoms. The minimum Gasteiger partial charge on any atom is -0.453 e. The van der Waals surface area contributed by atoms with Gasteiger partial charge in [0.05, 0.1) is 40.0 Å². The lowest BCUT2D eigenvalue weighted by atomic mass is 10.1. The summed E-state index contributed by atoms with van der Waals surface area (Å²) in [6.07, 6.45) is -0.825. The zero-order valence-corrected chi connectivity index (χ0v) is 17.6. The second kappa shape index (κ2) is 8.15. The van der Waals surface area contributed by atoms with Crippen molar-refractivity contribution in [2.45, 2.75) is 13.8 Å². The van der Waals surface area contributed by atoms with E-state index in [1.807, 2.05) is 19.1 Å². The summed E-state index contributed by atoms with van der Waals surface area (Å²) in [6.45, 7) is 3.70. The molecule has 0 aliphatic carbocycles. The molecule has 0 aliphatic rings. The predicted molar refractivity (Wildman–Crippen MR) is 115 cm³/mol. The molecule has 3 aromatic heterocycles.